The Balaban J connectivity index is 3.13. The van der Waals surface area contributed by atoms with Crippen LogP contribution in [0.2, 0.25) is 5.15 Å². The molecular formula is C16H28ClN3O. The normalized spacial score (nSPS) is 12.2. The van der Waals surface area contributed by atoms with Crippen molar-refractivity contribution >= 4 is 17.4 Å². The molecule has 5 heteroatoms. The second-order valence-electron chi connectivity index (χ2n) is 5.49. The minimum Gasteiger partial charge on any atom is -0.297 e. The van der Waals surface area contributed by atoms with E-state index < -0.39 is 5.54 Å². The van der Waals surface area contributed by atoms with Crippen LogP contribution < -0.4 is 0 Å². The molecule has 0 unspecified atom stereocenters. The quantitative estimate of drug-likeness (QED) is 0.738. The van der Waals surface area contributed by atoms with Crippen LogP contribution in [0.4, 0.5) is 0 Å². The highest BCUT2D eigenvalue weighted by molar-refractivity contribution is 6.30. The van der Waals surface area contributed by atoms with E-state index in [0.717, 1.165) is 37.2 Å². The summed E-state index contributed by atoms with van der Waals surface area (Å²) in [5, 5.41) is 4.87. The van der Waals surface area contributed by atoms with Crippen LogP contribution >= 0.6 is 11.6 Å². The Morgan fingerprint density at radius 3 is 2.10 bits per heavy atom. The summed E-state index contributed by atoms with van der Waals surface area (Å²) in [6.07, 6.45) is 2.00. The standard InChI is InChI=1S/C16H28ClN3O/c1-7-16(8-2,20(9-3)10-4)14(21)11-13-12(5)18-19(6)15(13)17/h7-11H2,1-6H3. The van der Waals surface area contributed by atoms with E-state index in [4.69, 9.17) is 11.6 Å². The van der Waals surface area contributed by atoms with Gasteiger partial charge in [0.2, 0.25) is 0 Å². The van der Waals surface area contributed by atoms with Gasteiger partial charge in [-0.15, -0.1) is 0 Å². The highest BCUT2D eigenvalue weighted by Crippen LogP contribution is 2.29. The third-order valence-corrected chi connectivity index (χ3v) is 5.14. The van der Waals surface area contributed by atoms with Crippen molar-refractivity contribution < 1.29 is 4.79 Å². The van der Waals surface area contributed by atoms with E-state index in [1.165, 1.54) is 0 Å². The molecule has 0 bridgehead atoms. The molecule has 120 valence electrons. The molecule has 0 saturated heterocycles. The largest absolute Gasteiger partial charge is 0.297 e. The highest BCUT2D eigenvalue weighted by Gasteiger charge is 2.39. The van der Waals surface area contributed by atoms with Gasteiger partial charge in [0, 0.05) is 19.0 Å². The number of carbonyl (C=O) groups is 1. The van der Waals surface area contributed by atoms with E-state index in [-0.39, 0.29) is 5.78 Å². The maximum Gasteiger partial charge on any atom is 0.157 e. The van der Waals surface area contributed by atoms with Gasteiger partial charge in [0.1, 0.15) is 5.15 Å². The smallest absolute Gasteiger partial charge is 0.157 e. The minimum atomic E-state index is -0.394. The fraction of sp³-hybridized carbons (Fsp3) is 0.750. The van der Waals surface area contributed by atoms with Crippen molar-refractivity contribution in [3.05, 3.63) is 16.4 Å². The minimum absolute atomic E-state index is 0.245. The number of likely N-dealkylation sites (N-methyl/N-ethyl adjacent to an activating group) is 1. The van der Waals surface area contributed by atoms with Crippen LogP contribution in [-0.4, -0.2) is 39.1 Å². The summed E-state index contributed by atoms with van der Waals surface area (Å²) in [7, 11) is 1.81. The van der Waals surface area contributed by atoms with E-state index in [2.05, 4.69) is 37.7 Å². The maximum absolute atomic E-state index is 13.0. The molecule has 1 heterocycles. The van der Waals surface area contributed by atoms with Gasteiger partial charge in [0.15, 0.2) is 5.78 Å². The lowest BCUT2D eigenvalue weighted by atomic mass is 9.83. The Kier molecular flexibility index (Phi) is 6.41. The van der Waals surface area contributed by atoms with Crippen molar-refractivity contribution in [2.24, 2.45) is 7.05 Å². The van der Waals surface area contributed by atoms with Crippen molar-refractivity contribution in [1.29, 1.82) is 0 Å². The first-order valence-electron chi connectivity index (χ1n) is 7.84. The summed E-state index contributed by atoms with van der Waals surface area (Å²) < 4.78 is 1.64. The van der Waals surface area contributed by atoms with Gasteiger partial charge in [0.25, 0.3) is 0 Å². The van der Waals surface area contributed by atoms with Crippen LogP contribution in [-0.2, 0) is 18.3 Å². The van der Waals surface area contributed by atoms with Gasteiger partial charge in [-0.1, -0.05) is 39.3 Å². The van der Waals surface area contributed by atoms with E-state index >= 15 is 0 Å². The van der Waals surface area contributed by atoms with Crippen molar-refractivity contribution in [3.63, 3.8) is 0 Å². The van der Waals surface area contributed by atoms with Gasteiger partial charge in [-0.3, -0.25) is 14.4 Å². The molecule has 0 fully saturated rings. The molecule has 1 rings (SSSR count). The summed E-state index contributed by atoms with van der Waals surface area (Å²) in [4.78, 5) is 15.3. The third kappa shape index (κ3) is 3.32. The first-order valence-corrected chi connectivity index (χ1v) is 8.21. The van der Waals surface area contributed by atoms with Crippen molar-refractivity contribution in [2.75, 3.05) is 13.1 Å². The monoisotopic (exact) mass is 313 g/mol. The van der Waals surface area contributed by atoms with E-state index in [9.17, 15) is 4.79 Å². The summed E-state index contributed by atoms with van der Waals surface area (Å²) in [6.45, 7) is 12.1. The lowest BCUT2D eigenvalue weighted by molar-refractivity contribution is -0.131. The zero-order valence-electron chi connectivity index (χ0n) is 14.2. The van der Waals surface area contributed by atoms with Crippen LogP contribution in [0.25, 0.3) is 0 Å². The zero-order valence-corrected chi connectivity index (χ0v) is 14.9. The molecular weight excluding hydrogens is 286 g/mol. The van der Waals surface area contributed by atoms with Crippen LogP contribution in [0.5, 0.6) is 0 Å². The average molecular weight is 314 g/mol. The Morgan fingerprint density at radius 1 is 1.24 bits per heavy atom. The topological polar surface area (TPSA) is 38.1 Å². The number of ketones is 1. The van der Waals surface area contributed by atoms with Crippen molar-refractivity contribution in [3.8, 4) is 0 Å². The summed E-state index contributed by atoms with van der Waals surface area (Å²) in [5.41, 5.74) is 1.31. The molecule has 1 aromatic heterocycles. The SMILES string of the molecule is CCN(CC)C(CC)(CC)C(=O)Cc1c(C)nn(C)c1Cl. The zero-order chi connectivity index (χ0) is 16.2. The molecule has 0 spiro atoms. The fourth-order valence-electron chi connectivity index (χ4n) is 3.30. The van der Waals surface area contributed by atoms with Crippen LogP contribution in [0.3, 0.4) is 0 Å². The molecule has 0 aliphatic rings. The van der Waals surface area contributed by atoms with Crippen molar-refractivity contribution in [2.45, 2.75) is 59.4 Å². The molecule has 0 aliphatic carbocycles. The lowest BCUT2D eigenvalue weighted by Gasteiger charge is -2.41. The Bertz CT molecular complexity index is 488. The molecule has 21 heavy (non-hydrogen) atoms. The molecule has 4 nitrogen and oxygen atoms in total. The molecule has 0 radical (unpaired) electrons. The number of aryl methyl sites for hydroxylation is 2. The van der Waals surface area contributed by atoms with Gasteiger partial charge in [-0.25, -0.2) is 0 Å². The van der Waals surface area contributed by atoms with Gasteiger partial charge < -0.3 is 0 Å². The van der Waals surface area contributed by atoms with Crippen LogP contribution in [0, 0.1) is 6.92 Å². The second-order valence-corrected chi connectivity index (χ2v) is 5.85. The number of nitrogens with zero attached hydrogens (tertiary/aromatic N) is 3. The number of Topliss-reactive ketones (excluding diaryl/α,β-unsaturated/α-hetero) is 1. The van der Waals surface area contributed by atoms with Gasteiger partial charge in [0.05, 0.1) is 11.2 Å². The Morgan fingerprint density at radius 2 is 1.76 bits per heavy atom. The number of halogens is 1. The number of aromatic nitrogens is 2. The molecule has 0 N–H and O–H groups in total. The molecule has 0 aromatic carbocycles. The maximum atomic E-state index is 13.0. The summed E-state index contributed by atoms with van der Waals surface area (Å²) in [6, 6.07) is 0. The summed E-state index contributed by atoms with van der Waals surface area (Å²) in [5.74, 6) is 0.245. The lowest BCUT2D eigenvalue weighted by Crippen LogP contribution is -2.54. The van der Waals surface area contributed by atoms with E-state index in [0.29, 0.717) is 11.6 Å². The first-order chi connectivity index (χ1) is 9.87. The Hall–Kier alpha value is -0.870. The van der Waals surface area contributed by atoms with Crippen molar-refractivity contribution in [1.82, 2.24) is 14.7 Å². The Labute approximate surface area is 133 Å². The second kappa shape index (κ2) is 7.41. The van der Waals surface area contributed by atoms with Crippen LogP contribution in [0.15, 0.2) is 0 Å². The predicted molar refractivity (Wildman–Crippen MR) is 87.9 cm³/mol. The van der Waals surface area contributed by atoms with Gasteiger partial charge in [-0.05, 0) is 32.9 Å². The molecule has 0 saturated carbocycles. The first kappa shape index (κ1) is 18.2. The number of rotatable bonds is 8. The number of hydrogen-bond acceptors (Lipinski definition) is 3. The fourth-order valence-corrected chi connectivity index (χ4v) is 3.54. The van der Waals surface area contributed by atoms with Crippen LogP contribution in [0.1, 0.15) is 51.8 Å². The average Bonchev–Trinajstić information content (AvgIpc) is 2.71. The van der Waals surface area contributed by atoms with Gasteiger partial charge >= 0.3 is 0 Å². The molecule has 0 amide bonds. The third-order valence-electron chi connectivity index (χ3n) is 4.66. The predicted octanol–water partition coefficient (Wildman–Crippen LogP) is 3.39. The highest BCUT2D eigenvalue weighted by atomic mass is 35.5. The molecule has 0 aliphatic heterocycles. The van der Waals surface area contributed by atoms with E-state index in [1.54, 1.807) is 11.7 Å². The molecule has 0 atom stereocenters. The number of carbonyl (C=O) groups excluding carboxylic acids is 1. The van der Waals surface area contributed by atoms with Gasteiger partial charge in [-0.2, -0.15) is 5.10 Å². The summed E-state index contributed by atoms with van der Waals surface area (Å²) >= 11 is 6.28. The van der Waals surface area contributed by atoms with E-state index in [1.807, 2.05) is 6.92 Å². The number of hydrogen-bond donors (Lipinski definition) is 0. The molecule has 1 aromatic rings.